The molecule has 1 aliphatic rings. The predicted octanol–water partition coefficient (Wildman–Crippen LogP) is -2.48. The summed E-state index contributed by atoms with van der Waals surface area (Å²) in [6, 6.07) is 0. The van der Waals surface area contributed by atoms with Crippen molar-refractivity contribution in [2.24, 2.45) is 0 Å². The first kappa shape index (κ1) is 14.4. The Balaban J connectivity index is 0.00000147. The number of nitrogens with zero attached hydrogens (tertiary/aromatic N) is 3. The molecule has 10 nitrogen and oxygen atoms in total. The summed E-state index contributed by atoms with van der Waals surface area (Å²) in [6.45, 7) is -0.277. The number of anilines is 1. The summed E-state index contributed by atoms with van der Waals surface area (Å²) in [5, 5.41) is 18.8. The predicted molar refractivity (Wildman–Crippen MR) is 67.8 cm³/mol. The van der Waals surface area contributed by atoms with Crippen molar-refractivity contribution in [3.05, 3.63) is 16.7 Å². The second-order valence-corrected chi connectivity index (χ2v) is 4.39. The van der Waals surface area contributed by atoms with Gasteiger partial charge in [-0.05, 0) is 0 Å². The van der Waals surface area contributed by atoms with Crippen LogP contribution in [0.5, 0.6) is 0 Å². The largest absolute Gasteiger partial charge is 0.412 e. The van der Waals surface area contributed by atoms with E-state index < -0.39 is 24.0 Å². The van der Waals surface area contributed by atoms with Crippen molar-refractivity contribution in [3.63, 3.8) is 0 Å². The molecule has 3 atom stereocenters. The van der Waals surface area contributed by atoms with Crippen LogP contribution < -0.4 is 11.3 Å². The molecule has 3 rings (SSSR count). The third kappa shape index (κ3) is 2.14. The van der Waals surface area contributed by atoms with Crippen LogP contribution in [0, 0.1) is 0 Å². The maximum absolute atomic E-state index is 11.6. The lowest BCUT2D eigenvalue weighted by Crippen LogP contribution is -2.24. The fraction of sp³-hybridized carbons (Fsp3) is 0.500. The highest BCUT2D eigenvalue weighted by atomic mass is 16.5. The zero-order valence-electron chi connectivity index (χ0n) is 10.4. The van der Waals surface area contributed by atoms with Crippen molar-refractivity contribution >= 4 is 17.1 Å². The molecule has 0 aliphatic carbocycles. The molecule has 0 spiro atoms. The highest BCUT2D eigenvalue weighted by molar-refractivity contribution is 5.70. The van der Waals surface area contributed by atoms with Crippen molar-refractivity contribution in [2.75, 3.05) is 12.3 Å². The minimum absolute atomic E-state index is 0. The molecule has 20 heavy (non-hydrogen) atoms. The first-order chi connectivity index (χ1) is 9.10. The van der Waals surface area contributed by atoms with Crippen LogP contribution in [0.2, 0.25) is 0 Å². The number of imidazole rings is 1. The summed E-state index contributed by atoms with van der Waals surface area (Å²) < 4.78 is 7.01. The molecule has 2 unspecified atom stereocenters. The summed E-state index contributed by atoms with van der Waals surface area (Å²) in [5.41, 5.74) is 5.50. The van der Waals surface area contributed by atoms with Crippen LogP contribution in [0.3, 0.4) is 0 Å². The molecule has 2 aromatic rings. The van der Waals surface area contributed by atoms with E-state index in [-0.39, 0.29) is 35.6 Å². The van der Waals surface area contributed by atoms with Gasteiger partial charge in [0.2, 0.25) is 5.95 Å². The second kappa shape index (κ2) is 5.17. The van der Waals surface area contributed by atoms with Gasteiger partial charge in [0.15, 0.2) is 11.2 Å². The second-order valence-electron chi connectivity index (χ2n) is 4.39. The van der Waals surface area contributed by atoms with Crippen molar-refractivity contribution in [1.29, 1.82) is 0 Å². The van der Waals surface area contributed by atoms with Gasteiger partial charge in [-0.15, -0.1) is 0 Å². The maximum atomic E-state index is 11.6. The molecule has 0 bridgehead atoms. The van der Waals surface area contributed by atoms with Crippen molar-refractivity contribution in [1.82, 2.24) is 19.5 Å². The Morgan fingerprint density at radius 3 is 3.00 bits per heavy atom. The van der Waals surface area contributed by atoms with Gasteiger partial charge < -0.3 is 26.2 Å². The number of nitrogens with two attached hydrogens (primary N) is 1. The Hall–Kier alpha value is -2.01. The van der Waals surface area contributed by atoms with Crippen LogP contribution in [0.25, 0.3) is 11.2 Å². The number of fused-ring (bicyclic) bond motifs is 1. The van der Waals surface area contributed by atoms with E-state index in [1.807, 2.05) is 0 Å². The molecule has 0 radical (unpaired) electrons. The molecular formula is C10H15N5O5. The Morgan fingerprint density at radius 2 is 2.35 bits per heavy atom. The lowest BCUT2D eigenvalue weighted by molar-refractivity contribution is -0.0432. The number of nitrogen functional groups attached to an aromatic ring is 1. The fourth-order valence-corrected chi connectivity index (χ4v) is 2.20. The number of aliphatic hydroxyl groups is 2. The minimum atomic E-state index is -0.771. The van der Waals surface area contributed by atoms with Crippen LogP contribution >= 0.6 is 0 Å². The van der Waals surface area contributed by atoms with E-state index in [9.17, 15) is 9.90 Å². The number of aromatic amines is 1. The number of nitrogens with one attached hydrogen (secondary N) is 1. The Morgan fingerprint density at radius 1 is 1.60 bits per heavy atom. The number of aromatic nitrogens is 4. The van der Waals surface area contributed by atoms with E-state index in [0.717, 1.165) is 0 Å². The van der Waals surface area contributed by atoms with Crippen molar-refractivity contribution < 1.29 is 20.4 Å². The van der Waals surface area contributed by atoms with Crippen LogP contribution in [-0.4, -0.2) is 54.0 Å². The zero-order valence-corrected chi connectivity index (χ0v) is 10.4. The third-order valence-corrected chi connectivity index (χ3v) is 3.15. The maximum Gasteiger partial charge on any atom is 0.280 e. The molecule has 0 amide bonds. The van der Waals surface area contributed by atoms with Gasteiger partial charge in [-0.1, -0.05) is 0 Å². The molecule has 0 saturated carbocycles. The van der Waals surface area contributed by atoms with E-state index in [2.05, 4.69) is 15.0 Å². The number of H-pyrrole nitrogens is 1. The van der Waals surface area contributed by atoms with Gasteiger partial charge in [0.25, 0.3) is 5.56 Å². The zero-order chi connectivity index (χ0) is 13.6. The number of hydrogen-bond donors (Lipinski definition) is 4. The highest BCUT2D eigenvalue weighted by Gasteiger charge is 2.35. The molecule has 3 heterocycles. The van der Waals surface area contributed by atoms with Crippen LogP contribution in [0.15, 0.2) is 11.1 Å². The van der Waals surface area contributed by atoms with Gasteiger partial charge in [-0.3, -0.25) is 14.3 Å². The van der Waals surface area contributed by atoms with E-state index >= 15 is 0 Å². The smallest absolute Gasteiger partial charge is 0.280 e. The van der Waals surface area contributed by atoms with Gasteiger partial charge in [-0.2, -0.15) is 4.98 Å². The summed E-state index contributed by atoms with van der Waals surface area (Å²) in [6.07, 6.45) is -0.270. The van der Waals surface area contributed by atoms with Crippen LogP contribution in [-0.2, 0) is 4.74 Å². The molecule has 110 valence electrons. The first-order valence-corrected chi connectivity index (χ1v) is 5.77. The normalized spacial score (nSPS) is 25.8. The Bertz CT molecular complexity index is 668. The molecular weight excluding hydrogens is 270 g/mol. The SMILES string of the molecule is Nc1nc2c(ncn2[C@@H]2CC(O)C(CO)O2)c(=O)[nH]1.O. The molecule has 0 aromatic carbocycles. The average molecular weight is 285 g/mol. The molecule has 1 aliphatic heterocycles. The monoisotopic (exact) mass is 285 g/mol. The molecule has 2 aromatic heterocycles. The molecule has 1 saturated heterocycles. The standard InChI is InChI=1S/C10H13N5O4.H2O/c11-10-13-8-7(9(18)14-10)12-3-15(8)6-1-4(17)5(2-16)19-6;/h3-6,16-17H,1-2H2,(H3,11,13,14,18);1H2/t4?,5?,6-;/m0./s1. The number of hydrogen-bond acceptors (Lipinski definition) is 7. The lowest BCUT2D eigenvalue weighted by atomic mass is 10.2. The number of rotatable bonds is 2. The number of ether oxygens (including phenoxy) is 1. The summed E-state index contributed by atoms with van der Waals surface area (Å²) in [4.78, 5) is 22.0. The van der Waals surface area contributed by atoms with E-state index in [1.54, 1.807) is 0 Å². The van der Waals surface area contributed by atoms with Gasteiger partial charge in [0.05, 0.1) is 19.0 Å². The van der Waals surface area contributed by atoms with Crippen LogP contribution in [0.4, 0.5) is 5.95 Å². The van der Waals surface area contributed by atoms with E-state index in [4.69, 9.17) is 15.6 Å². The molecule has 10 heteroatoms. The lowest BCUT2D eigenvalue weighted by Gasteiger charge is -2.13. The highest BCUT2D eigenvalue weighted by Crippen LogP contribution is 2.30. The van der Waals surface area contributed by atoms with E-state index in [1.165, 1.54) is 10.9 Å². The molecule has 1 fully saturated rings. The minimum Gasteiger partial charge on any atom is -0.412 e. The topological polar surface area (TPSA) is 171 Å². The van der Waals surface area contributed by atoms with Crippen molar-refractivity contribution in [3.8, 4) is 0 Å². The summed E-state index contributed by atoms with van der Waals surface area (Å²) in [7, 11) is 0. The Labute approximate surface area is 112 Å². The number of aliphatic hydroxyl groups excluding tert-OH is 2. The fourth-order valence-electron chi connectivity index (χ4n) is 2.20. The average Bonchev–Trinajstić information content (AvgIpc) is 2.92. The quantitative estimate of drug-likeness (QED) is 0.473. The van der Waals surface area contributed by atoms with Gasteiger partial charge >= 0.3 is 0 Å². The van der Waals surface area contributed by atoms with Gasteiger partial charge in [-0.25, -0.2) is 4.98 Å². The Kier molecular flexibility index (Phi) is 3.72. The summed E-state index contributed by atoms with van der Waals surface area (Å²) in [5.74, 6) is -0.0171. The summed E-state index contributed by atoms with van der Waals surface area (Å²) >= 11 is 0. The van der Waals surface area contributed by atoms with Crippen LogP contribution in [0.1, 0.15) is 12.6 Å². The molecule has 7 N–H and O–H groups in total. The third-order valence-electron chi connectivity index (χ3n) is 3.15. The van der Waals surface area contributed by atoms with Gasteiger partial charge in [0.1, 0.15) is 12.3 Å². The van der Waals surface area contributed by atoms with Gasteiger partial charge in [0, 0.05) is 6.42 Å². The van der Waals surface area contributed by atoms with E-state index in [0.29, 0.717) is 0 Å². The van der Waals surface area contributed by atoms with Crippen molar-refractivity contribution in [2.45, 2.75) is 24.9 Å². The first-order valence-electron chi connectivity index (χ1n) is 5.77.